The zero-order valence-electron chi connectivity index (χ0n) is 26.1. The molecular formula is C25H31N7O18P2. The van der Waals surface area contributed by atoms with Crippen molar-refractivity contribution in [1.29, 1.82) is 0 Å². The molecule has 2 aromatic rings. The van der Waals surface area contributed by atoms with Gasteiger partial charge in [-0.1, -0.05) is 6.08 Å². The van der Waals surface area contributed by atoms with Crippen molar-refractivity contribution in [2.24, 2.45) is 5.73 Å². The lowest BCUT2D eigenvalue weighted by atomic mass is 9.87. The Labute approximate surface area is 289 Å². The highest BCUT2D eigenvalue weighted by Crippen LogP contribution is 2.61. The third-order valence-corrected chi connectivity index (χ3v) is 10.5. The number of aliphatic hydroxyl groups is 4. The average molecular weight is 780 g/mol. The van der Waals surface area contributed by atoms with E-state index in [-0.39, 0.29) is 35.1 Å². The lowest BCUT2D eigenvalue weighted by molar-refractivity contribution is -0.145. The molecule has 0 bridgehead atoms. The van der Waals surface area contributed by atoms with Gasteiger partial charge < -0.3 is 66.3 Å². The molecule has 10 atom stereocenters. The second-order valence-corrected chi connectivity index (χ2v) is 14.4. The van der Waals surface area contributed by atoms with Gasteiger partial charge in [0.25, 0.3) is 0 Å². The number of hydrogen-bond acceptors (Lipinski definition) is 19. The predicted octanol–water partition coefficient (Wildman–Crippen LogP) is -3.22. The molecule has 3 aliphatic heterocycles. The molecule has 12 N–H and O–H groups in total. The number of imidazole rings is 1. The van der Waals surface area contributed by atoms with Gasteiger partial charge in [-0.3, -0.25) is 18.4 Å². The molecule has 5 rings (SSSR count). The molecule has 25 nitrogen and oxygen atoms in total. The highest BCUT2D eigenvalue weighted by Gasteiger charge is 2.60. The van der Waals surface area contributed by atoms with Gasteiger partial charge in [0.1, 0.15) is 42.4 Å². The highest BCUT2D eigenvalue weighted by atomic mass is 31.3. The standard InChI is InChI=1S/C25H31N7O18P2/c26-19-14-21(29-8-28-19)32(9-30-14)23-17(37)18(38)25(49-23,11(24(40)41)4-13(33)34)7-47-52(44,45)50-51(42,43)46-6-12-15(35)16(36)22(48-12)31-3-1-2-10(5-31)20(27)39/h1,3-5,8-9,12,15-18,22-23,35-38H,2,6-7H2,(H2,27,39)(H,33,34)(H,40,41)(H,42,43)(H,44,45)(H2,26,28,29)/b11-4-/t12-,15-,16-,17-,18+,22-,23-,25+/m1/s1. The van der Waals surface area contributed by atoms with Crippen LogP contribution in [0.2, 0.25) is 0 Å². The summed E-state index contributed by atoms with van der Waals surface area (Å²) >= 11 is 0. The summed E-state index contributed by atoms with van der Waals surface area (Å²) in [5.41, 5.74) is 6.71. The number of nitrogens with zero attached hydrogens (tertiary/aromatic N) is 5. The van der Waals surface area contributed by atoms with E-state index in [1.165, 1.54) is 23.4 Å². The van der Waals surface area contributed by atoms with E-state index < -0.39 is 101 Å². The topological polar surface area (TPSA) is 392 Å². The molecule has 27 heteroatoms. The Morgan fingerprint density at radius 1 is 1.02 bits per heavy atom. The van der Waals surface area contributed by atoms with Crippen LogP contribution in [0.4, 0.5) is 5.82 Å². The van der Waals surface area contributed by atoms with Crippen LogP contribution in [0.1, 0.15) is 12.6 Å². The Morgan fingerprint density at radius 3 is 2.37 bits per heavy atom. The second kappa shape index (κ2) is 14.7. The molecular weight excluding hydrogens is 748 g/mol. The first-order valence-electron chi connectivity index (χ1n) is 14.5. The summed E-state index contributed by atoms with van der Waals surface area (Å²) in [4.78, 5) is 68.8. The van der Waals surface area contributed by atoms with E-state index in [0.29, 0.717) is 0 Å². The van der Waals surface area contributed by atoms with Crippen molar-refractivity contribution in [2.45, 2.75) is 55.0 Å². The second-order valence-electron chi connectivity index (χ2n) is 11.3. The van der Waals surface area contributed by atoms with Gasteiger partial charge in [0.2, 0.25) is 5.91 Å². The third kappa shape index (κ3) is 7.77. The Hall–Kier alpha value is -4.20. The normalized spacial score (nSPS) is 31.7. The molecule has 0 spiro atoms. The maximum Gasteiger partial charge on any atom is 0.481 e. The van der Waals surface area contributed by atoms with Crippen LogP contribution in [-0.4, -0.2) is 138 Å². The van der Waals surface area contributed by atoms with Gasteiger partial charge in [0.05, 0.1) is 25.1 Å². The van der Waals surface area contributed by atoms with Gasteiger partial charge in [-0.2, -0.15) is 4.31 Å². The van der Waals surface area contributed by atoms with Gasteiger partial charge in [-0.25, -0.2) is 33.7 Å². The largest absolute Gasteiger partial charge is 0.481 e. The van der Waals surface area contributed by atoms with Gasteiger partial charge >= 0.3 is 27.6 Å². The summed E-state index contributed by atoms with van der Waals surface area (Å²) in [7, 11) is -11.6. The number of phosphoric ester groups is 2. The summed E-state index contributed by atoms with van der Waals surface area (Å²) in [5, 5.41) is 62.2. The maximum absolute atomic E-state index is 12.9. The van der Waals surface area contributed by atoms with Crippen LogP contribution >= 0.6 is 15.6 Å². The third-order valence-electron chi connectivity index (χ3n) is 7.96. The van der Waals surface area contributed by atoms with Gasteiger partial charge in [0, 0.05) is 24.0 Å². The number of hydrogen-bond donors (Lipinski definition) is 10. The number of nitrogens with two attached hydrogens (primary N) is 2. The number of aliphatic carboxylic acids is 2. The summed E-state index contributed by atoms with van der Waals surface area (Å²) in [6.45, 7) is -2.67. The Kier molecular flexibility index (Phi) is 11.0. The predicted molar refractivity (Wildman–Crippen MR) is 164 cm³/mol. The van der Waals surface area contributed by atoms with Crippen LogP contribution in [0.3, 0.4) is 0 Å². The first-order chi connectivity index (χ1) is 24.3. The number of primary amides is 1. The molecule has 284 valence electrons. The van der Waals surface area contributed by atoms with Crippen LogP contribution in [-0.2, 0) is 46.3 Å². The van der Waals surface area contributed by atoms with Crippen LogP contribution in [0.25, 0.3) is 11.2 Å². The number of phosphoric acid groups is 2. The molecule has 2 saturated heterocycles. The van der Waals surface area contributed by atoms with E-state index in [9.17, 15) is 63.9 Å². The van der Waals surface area contributed by atoms with E-state index >= 15 is 0 Å². The van der Waals surface area contributed by atoms with Crippen molar-refractivity contribution in [1.82, 2.24) is 24.4 Å². The lowest BCUT2D eigenvalue weighted by Crippen LogP contribution is -2.50. The molecule has 1 amide bonds. The monoisotopic (exact) mass is 779 g/mol. The van der Waals surface area contributed by atoms with Crippen LogP contribution in [0, 0.1) is 0 Å². The Bertz CT molecular complexity index is 1940. The molecule has 5 heterocycles. The average Bonchev–Trinajstić information content (AvgIpc) is 3.70. The minimum atomic E-state index is -5.88. The minimum absolute atomic E-state index is 0.0222. The zero-order valence-corrected chi connectivity index (χ0v) is 27.9. The number of rotatable bonds is 14. The lowest BCUT2D eigenvalue weighted by Gasteiger charge is -2.32. The molecule has 2 aromatic heterocycles. The number of allylic oxidation sites excluding steroid dienone is 1. The number of aromatic nitrogens is 4. The number of aliphatic hydroxyl groups excluding tert-OH is 4. The van der Waals surface area contributed by atoms with Gasteiger partial charge in [-0.05, 0) is 6.42 Å². The van der Waals surface area contributed by atoms with Crippen molar-refractivity contribution in [2.75, 3.05) is 18.9 Å². The number of amides is 1. The minimum Gasteiger partial charge on any atom is -0.478 e. The van der Waals surface area contributed by atoms with E-state index in [2.05, 4.69) is 23.8 Å². The Morgan fingerprint density at radius 2 is 1.71 bits per heavy atom. The summed E-state index contributed by atoms with van der Waals surface area (Å²) in [6, 6.07) is 0. The fourth-order valence-electron chi connectivity index (χ4n) is 5.51. The number of carboxylic acids is 2. The van der Waals surface area contributed by atoms with E-state index in [1.807, 2.05) is 0 Å². The first kappa shape index (κ1) is 39.0. The summed E-state index contributed by atoms with van der Waals surface area (Å²) < 4.78 is 51.4. The van der Waals surface area contributed by atoms with Gasteiger partial charge in [0.15, 0.2) is 29.5 Å². The number of anilines is 1. The van der Waals surface area contributed by atoms with E-state index in [0.717, 1.165) is 17.2 Å². The van der Waals surface area contributed by atoms with E-state index in [1.54, 1.807) is 0 Å². The number of fused-ring (bicyclic) bond motifs is 1. The number of carboxylic acid groups (broad SMARTS) is 2. The highest BCUT2D eigenvalue weighted by molar-refractivity contribution is 7.61. The van der Waals surface area contributed by atoms with Crippen molar-refractivity contribution in [3.63, 3.8) is 0 Å². The molecule has 0 aliphatic carbocycles. The summed E-state index contributed by atoms with van der Waals surface area (Å²) in [6.07, 6.45) is -6.42. The number of ether oxygens (including phenoxy) is 2. The molecule has 2 unspecified atom stereocenters. The summed E-state index contributed by atoms with van der Waals surface area (Å²) in [5.74, 6) is -4.86. The maximum atomic E-state index is 12.9. The fraction of sp³-hybridized carbons (Fsp3) is 0.440. The van der Waals surface area contributed by atoms with Gasteiger partial charge in [-0.15, -0.1) is 0 Å². The van der Waals surface area contributed by atoms with Crippen molar-refractivity contribution < 1.29 is 86.8 Å². The first-order valence-corrected chi connectivity index (χ1v) is 17.5. The fourth-order valence-corrected chi connectivity index (χ4v) is 7.62. The molecule has 3 aliphatic rings. The van der Waals surface area contributed by atoms with Crippen LogP contribution in [0.5, 0.6) is 0 Å². The smallest absolute Gasteiger partial charge is 0.478 e. The molecule has 0 radical (unpaired) electrons. The van der Waals surface area contributed by atoms with Crippen molar-refractivity contribution >= 4 is 50.5 Å². The number of nitrogen functional groups attached to an aromatic ring is 1. The Balaban J connectivity index is 1.32. The quantitative estimate of drug-likeness (QED) is 0.0666. The number of carbonyl (C=O) groups is 3. The molecule has 2 fully saturated rings. The molecule has 52 heavy (non-hydrogen) atoms. The van der Waals surface area contributed by atoms with E-state index in [4.69, 9.17) is 25.5 Å². The molecule has 0 saturated carbocycles. The van der Waals surface area contributed by atoms with Crippen LogP contribution in [0.15, 0.2) is 48.4 Å². The SMILES string of the molecule is NC(=O)C1=CN([C@@H]2O[C@H](COP(=O)(O)OP(=O)(O)OC[C@@]3(/C(=C\C(=O)O)C(=O)O)O[C@@H](n4cnc5c(N)ncnc54)[C@H](O)[C@@H]3O)[C@@H](O)[C@H]2O)C=CC1. The zero-order chi connectivity index (χ0) is 38.3. The number of carbonyl (C=O) groups excluding carboxylic acids is 1. The van der Waals surface area contributed by atoms with Crippen molar-refractivity contribution in [3.8, 4) is 0 Å². The van der Waals surface area contributed by atoms with Crippen LogP contribution < -0.4 is 11.5 Å². The molecule has 0 aromatic carbocycles. The van der Waals surface area contributed by atoms with Crippen molar-refractivity contribution in [3.05, 3.63) is 48.4 Å².